The highest BCUT2D eigenvalue weighted by atomic mass is 32.2. The van der Waals surface area contributed by atoms with E-state index < -0.39 is 10.0 Å². The molecule has 2 aromatic heterocycles. The number of fused-ring (bicyclic) bond motifs is 1. The van der Waals surface area contributed by atoms with Crippen molar-refractivity contribution in [3.8, 4) is 0 Å². The fourth-order valence-electron chi connectivity index (χ4n) is 3.72. The second-order valence-corrected chi connectivity index (χ2v) is 9.25. The van der Waals surface area contributed by atoms with Crippen LogP contribution in [0.4, 0.5) is 5.95 Å². The summed E-state index contributed by atoms with van der Waals surface area (Å²) in [5.74, 6) is 0.980. The molecule has 9 nitrogen and oxygen atoms in total. The zero-order valence-electron chi connectivity index (χ0n) is 15.7. The molecule has 3 atom stereocenters. The lowest BCUT2D eigenvalue weighted by Gasteiger charge is -2.32. The third kappa shape index (κ3) is 3.44. The number of aromatic nitrogens is 4. The Labute approximate surface area is 159 Å². The Hall–Kier alpha value is -2.04. The molecule has 0 bridgehead atoms. The van der Waals surface area contributed by atoms with Crippen LogP contribution in [0.15, 0.2) is 29.8 Å². The SMILES string of the molecule is CN(C)c1nccc([C@@H]2C[C@@H]3CCN(S(=O)(=O)c4cn(C)cn4)C[C@H]3O2)n1. The number of piperidine rings is 1. The summed E-state index contributed by atoms with van der Waals surface area (Å²) in [6, 6.07) is 1.87. The first-order valence-electron chi connectivity index (χ1n) is 8.98. The van der Waals surface area contributed by atoms with Crippen LogP contribution in [-0.2, 0) is 21.8 Å². The number of rotatable bonds is 4. The number of imidazole rings is 1. The number of hydrogen-bond donors (Lipinski definition) is 0. The summed E-state index contributed by atoms with van der Waals surface area (Å²) in [4.78, 5) is 14.7. The van der Waals surface area contributed by atoms with Gasteiger partial charge in [-0.2, -0.15) is 4.31 Å². The van der Waals surface area contributed by atoms with Crippen molar-refractivity contribution in [2.75, 3.05) is 32.1 Å². The molecule has 0 aromatic carbocycles. The van der Waals surface area contributed by atoms with Crippen LogP contribution in [0.2, 0.25) is 0 Å². The van der Waals surface area contributed by atoms with Crippen LogP contribution < -0.4 is 4.90 Å². The first-order valence-corrected chi connectivity index (χ1v) is 10.4. The lowest BCUT2D eigenvalue weighted by atomic mass is 9.92. The first kappa shape index (κ1) is 18.3. The Bertz CT molecular complexity index is 928. The van der Waals surface area contributed by atoms with Gasteiger partial charge >= 0.3 is 0 Å². The summed E-state index contributed by atoms with van der Waals surface area (Å²) in [5.41, 5.74) is 0.849. The Morgan fingerprint density at radius 1 is 1.30 bits per heavy atom. The molecule has 2 fully saturated rings. The summed E-state index contributed by atoms with van der Waals surface area (Å²) in [5, 5.41) is 0.0874. The average molecular weight is 392 g/mol. The Balaban J connectivity index is 1.49. The van der Waals surface area contributed by atoms with Crippen molar-refractivity contribution in [1.29, 1.82) is 0 Å². The highest BCUT2D eigenvalue weighted by Crippen LogP contribution is 2.41. The summed E-state index contributed by atoms with van der Waals surface area (Å²) in [7, 11) is 1.96. The van der Waals surface area contributed by atoms with Crippen molar-refractivity contribution in [2.45, 2.75) is 30.1 Å². The molecule has 0 spiro atoms. The highest BCUT2D eigenvalue weighted by molar-refractivity contribution is 7.89. The van der Waals surface area contributed by atoms with E-state index in [9.17, 15) is 8.42 Å². The maximum atomic E-state index is 12.8. The van der Waals surface area contributed by atoms with Crippen molar-refractivity contribution >= 4 is 16.0 Å². The summed E-state index contributed by atoms with van der Waals surface area (Å²) in [6.45, 7) is 0.842. The number of ether oxygens (including phenoxy) is 1. The van der Waals surface area contributed by atoms with Crippen LogP contribution in [0.3, 0.4) is 0 Å². The van der Waals surface area contributed by atoms with Gasteiger partial charge in [-0.05, 0) is 24.8 Å². The topological polar surface area (TPSA) is 93.5 Å². The monoisotopic (exact) mass is 392 g/mol. The first-order chi connectivity index (χ1) is 12.8. The molecule has 4 heterocycles. The van der Waals surface area contributed by atoms with E-state index in [0.29, 0.717) is 25.0 Å². The van der Waals surface area contributed by atoms with E-state index in [1.165, 1.54) is 16.8 Å². The smallest absolute Gasteiger partial charge is 0.262 e. The highest BCUT2D eigenvalue weighted by Gasteiger charge is 2.43. The number of hydrogen-bond acceptors (Lipinski definition) is 7. The van der Waals surface area contributed by atoms with Gasteiger partial charge in [0.25, 0.3) is 10.0 Å². The van der Waals surface area contributed by atoms with Crippen molar-refractivity contribution < 1.29 is 13.2 Å². The Kier molecular flexibility index (Phi) is 4.65. The molecule has 0 radical (unpaired) electrons. The molecule has 2 aliphatic rings. The molecular formula is C17H24N6O3S. The molecule has 0 aliphatic carbocycles. The van der Waals surface area contributed by atoms with Crippen LogP contribution in [0.25, 0.3) is 0 Å². The van der Waals surface area contributed by atoms with Gasteiger partial charge in [-0.15, -0.1) is 0 Å². The van der Waals surface area contributed by atoms with Gasteiger partial charge in [-0.25, -0.2) is 23.4 Å². The third-order valence-electron chi connectivity index (χ3n) is 5.19. The molecule has 2 aliphatic heterocycles. The molecule has 0 amide bonds. The van der Waals surface area contributed by atoms with Gasteiger partial charge in [0.05, 0.1) is 18.1 Å². The Morgan fingerprint density at radius 3 is 2.81 bits per heavy atom. The van der Waals surface area contributed by atoms with E-state index >= 15 is 0 Å². The average Bonchev–Trinajstić information content (AvgIpc) is 3.27. The minimum absolute atomic E-state index is 0.0874. The minimum atomic E-state index is -3.59. The molecule has 4 rings (SSSR count). The van der Waals surface area contributed by atoms with Crippen molar-refractivity contribution in [2.24, 2.45) is 13.0 Å². The van der Waals surface area contributed by atoms with Gasteiger partial charge in [-0.1, -0.05) is 0 Å². The number of aryl methyl sites for hydroxylation is 1. The van der Waals surface area contributed by atoms with Crippen LogP contribution in [0.1, 0.15) is 24.6 Å². The Morgan fingerprint density at radius 2 is 2.11 bits per heavy atom. The molecule has 0 saturated carbocycles. The molecule has 10 heteroatoms. The predicted octanol–water partition coefficient (Wildman–Crippen LogP) is 0.817. The molecule has 146 valence electrons. The van der Waals surface area contributed by atoms with Crippen LogP contribution >= 0.6 is 0 Å². The van der Waals surface area contributed by atoms with Crippen LogP contribution in [-0.4, -0.2) is 65.5 Å². The molecule has 0 unspecified atom stereocenters. The largest absolute Gasteiger partial charge is 0.367 e. The van der Waals surface area contributed by atoms with E-state index in [4.69, 9.17) is 4.74 Å². The summed E-state index contributed by atoms with van der Waals surface area (Å²) >= 11 is 0. The summed E-state index contributed by atoms with van der Waals surface area (Å²) in [6.07, 6.45) is 6.15. The fourth-order valence-corrected chi connectivity index (χ4v) is 5.16. The normalized spacial score (nSPS) is 26.1. The second kappa shape index (κ2) is 6.84. The van der Waals surface area contributed by atoms with E-state index in [-0.39, 0.29) is 17.2 Å². The lowest BCUT2D eigenvalue weighted by molar-refractivity contribution is 0.00860. The zero-order valence-corrected chi connectivity index (χ0v) is 16.5. The van der Waals surface area contributed by atoms with Gasteiger partial charge in [0.1, 0.15) is 6.10 Å². The lowest BCUT2D eigenvalue weighted by Crippen LogP contribution is -2.45. The van der Waals surface area contributed by atoms with Crippen LogP contribution in [0, 0.1) is 5.92 Å². The standard InChI is InChI=1S/C17H24N6O3S/c1-21(2)17-18-6-4-13(20-17)14-8-12-5-7-23(9-15(12)26-14)27(24,25)16-10-22(3)11-19-16/h4,6,10-12,14-15H,5,7-9H2,1-3H3/t12-,14-,15+/m0/s1. The number of anilines is 1. The molecule has 0 N–H and O–H groups in total. The molecule has 2 aromatic rings. The quantitative estimate of drug-likeness (QED) is 0.760. The molecule has 27 heavy (non-hydrogen) atoms. The van der Waals surface area contributed by atoms with Gasteiger partial charge in [0.15, 0.2) is 5.03 Å². The fraction of sp³-hybridized carbons (Fsp3) is 0.588. The van der Waals surface area contributed by atoms with Gasteiger partial charge in [0.2, 0.25) is 5.95 Å². The van der Waals surface area contributed by atoms with Crippen molar-refractivity contribution in [3.63, 3.8) is 0 Å². The predicted molar refractivity (Wildman–Crippen MR) is 98.7 cm³/mol. The van der Waals surface area contributed by atoms with E-state index in [1.807, 2.05) is 25.1 Å². The van der Waals surface area contributed by atoms with Crippen molar-refractivity contribution in [3.05, 3.63) is 30.5 Å². The zero-order chi connectivity index (χ0) is 19.2. The van der Waals surface area contributed by atoms with Crippen LogP contribution in [0.5, 0.6) is 0 Å². The molecular weight excluding hydrogens is 368 g/mol. The maximum absolute atomic E-state index is 12.8. The second-order valence-electron chi connectivity index (χ2n) is 7.36. The summed E-state index contributed by atoms with van der Waals surface area (Å²) < 4.78 is 35.0. The van der Waals surface area contributed by atoms with Gasteiger partial charge in [-0.3, -0.25) is 0 Å². The third-order valence-corrected chi connectivity index (χ3v) is 6.95. The maximum Gasteiger partial charge on any atom is 0.262 e. The van der Waals surface area contributed by atoms with E-state index in [2.05, 4.69) is 15.0 Å². The van der Waals surface area contributed by atoms with Gasteiger partial charge < -0.3 is 14.2 Å². The van der Waals surface area contributed by atoms with Crippen molar-refractivity contribution in [1.82, 2.24) is 23.8 Å². The number of nitrogens with zero attached hydrogens (tertiary/aromatic N) is 6. The number of sulfonamides is 1. The molecule has 2 saturated heterocycles. The van der Waals surface area contributed by atoms with Gasteiger partial charge in [0, 0.05) is 46.6 Å². The van der Waals surface area contributed by atoms with E-state index in [0.717, 1.165) is 18.5 Å². The minimum Gasteiger partial charge on any atom is -0.367 e. The van der Waals surface area contributed by atoms with E-state index in [1.54, 1.807) is 17.8 Å².